The average Bonchev–Trinajstić information content (AvgIpc) is 2.34. The maximum atomic E-state index is 8.50. The number of imidazole rings is 1. The molecule has 10 heavy (non-hydrogen) atoms. The Morgan fingerprint density at radius 2 is 2.50 bits per heavy atom. The number of H-pyrrole nitrogens is 1. The predicted octanol–water partition coefficient (Wildman–Crippen LogP) is 1.35. The van der Waals surface area contributed by atoms with Crippen molar-refractivity contribution in [2.24, 2.45) is 0 Å². The van der Waals surface area contributed by atoms with Gasteiger partial charge in [0.15, 0.2) is 0 Å². The fraction of sp³-hybridized carbons (Fsp3) is 0.429. The molecule has 0 radical (unpaired) electrons. The molecular formula is C7H9N3. The summed E-state index contributed by atoms with van der Waals surface area (Å²) in [6.07, 6.45) is 1.70. The van der Waals surface area contributed by atoms with E-state index in [0.29, 0.717) is 0 Å². The van der Waals surface area contributed by atoms with E-state index in [9.17, 15) is 0 Å². The largest absolute Gasteiger partial charge is 0.345 e. The summed E-state index contributed by atoms with van der Waals surface area (Å²) in [6, 6.07) is 2.12. The molecule has 0 saturated carbocycles. The standard InChI is InChI=1S/C7H9N3/c1-5(3-8)7-4-9-6(2)10-7/h4-5H,1-2H3,(H,9,10)/t5-/m1/s1. The molecule has 0 spiro atoms. The minimum absolute atomic E-state index is 0.0822. The molecule has 0 aliphatic carbocycles. The van der Waals surface area contributed by atoms with Gasteiger partial charge in [0.25, 0.3) is 0 Å². The van der Waals surface area contributed by atoms with Gasteiger partial charge in [-0.25, -0.2) is 4.98 Å². The molecule has 0 aliphatic heterocycles. The summed E-state index contributed by atoms with van der Waals surface area (Å²) in [4.78, 5) is 6.97. The van der Waals surface area contributed by atoms with E-state index in [4.69, 9.17) is 5.26 Å². The molecule has 1 aromatic rings. The quantitative estimate of drug-likeness (QED) is 0.631. The van der Waals surface area contributed by atoms with Crippen LogP contribution in [0, 0.1) is 18.3 Å². The third kappa shape index (κ3) is 1.16. The molecule has 1 aromatic heterocycles. The van der Waals surface area contributed by atoms with Crippen LogP contribution in [0.3, 0.4) is 0 Å². The first-order valence-corrected chi connectivity index (χ1v) is 3.15. The van der Waals surface area contributed by atoms with E-state index in [0.717, 1.165) is 11.5 Å². The van der Waals surface area contributed by atoms with Crippen molar-refractivity contribution < 1.29 is 0 Å². The Kier molecular flexibility index (Phi) is 1.72. The molecule has 1 atom stereocenters. The summed E-state index contributed by atoms with van der Waals surface area (Å²) >= 11 is 0. The Morgan fingerprint density at radius 3 is 2.90 bits per heavy atom. The topological polar surface area (TPSA) is 52.5 Å². The normalized spacial score (nSPS) is 12.5. The molecule has 0 aromatic carbocycles. The number of rotatable bonds is 1. The lowest BCUT2D eigenvalue weighted by Crippen LogP contribution is -1.88. The predicted molar refractivity (Wildman–Crippen MR) is 37.4 cm³/mol. The number of nitrogens with one attached hydrogen (secondary N) is 1. The number of aromatic amines is 1. The first-order valence-electron chi connectivity index (χ1n) is 3.15. The number of aryl methyl sites for hydroxylation is 1. The van der Waals surface area contributed by atoms with Crippen LogP contribution in [-0.2, 0) is 0 Å². The third-order valence-corrected chi connectivity index (χ3v) is 1.38. The van der Waals surface area contributed by atoms with E-state index >= 15 is 0 Å². The van der Waals surface area contributed by atoms with Gasteiger partial charge in [0.05, 0.1) is 17.7 Å². The summed E-state index contributed by atoms with van der Waals surface area (Å²) in [5.41, 5.74) is 0.889. The molecule has 0 aliphatic rings. The van der Waals surface area contributed by atoms with Gasteiger partial charge >= 0.3 is 0 Å². The smallest absolute Gasteiger partial charge is 0.103 e. The van der Waals surface area contributed by atoms with Crippen molar-refractivity contribution in [3.05, 3.63) is 17.7 Å². The SMILES string of the molecule is Cc1ncc([C@H](C)C#N)[nH]1. The molecule has 1 N–H and O–H groups in total. The van der Waals surface area contributed by atoms with Crippen molar-refractivity contribution >= 4 is 0 Å². The average molecular weight is 135 g/mol. The van der Waals surface area contributed by atoms with Gasteiger partial charge in [-0.2, -0.15) is 5.26 Å². The van der Waals surface area contributed by atoms with Gasteiger partial charge in [-0.15, -0.1) is 0 Å². The Hall–Kier alpha value is -1.30. The highest BCUT2D eigenvalue weighted by Crippen LogP contribution is 2.09. The summed E-state index contributed by atoms with van der Waals surface area (Å²) in [7, 11) is 0. The zero-order valence-electron chi connectivity index (χ0n) is 6.05. The molecule has 0 amide bonds. The zero-order valence-corrected chi connectivity index (χ0v) is 6.05. The number of nitrogens with zero attached hydrogens (tertiary/aromatic N) is 2. The fourth-order valence-corrected chi connectivity index (χ4v) is 0.729. The lowest BCUT2D eigenvalue weighted by Gasteiger charge is -1.93. The Balaban J connectivity index is 2.87. The number of hydrogen-bond acceptors (Lipinski definition) is 2. The summed E-state index contributed by atoms with van der Waals surface area (Å²) in [5.74, 6) is 0.776. The lowest BCUT2D eigenvalue weighted by atomic mass is 10.1. The summed E-state index contributed by atoms with van der Waals surface area (Å²) in [5, 5.41) is 8.50. The fourth-order valence-electron chi connectivity index (χ4n) is 0.729. The van der Waals surface area contributed by atoms with Gasteiger partial charge in [0, 0.05) is 6.20 Å². The third-order valence-electron chi connectivity index (χ3n) is 1.38. The molecule has 3 heteroatoms. The summed E-state index contributed by atoms with van der Waals surface area (Å²) in [6.45, 7) is 3.71. The van der Waals surface area contributed by atoms with Gasteiger partial charge in [-0.1, -0.05) is 0 Å². The van der Waals surface area contributed by atoms with E-state index < -0.39 is 0 Å². The molecule has 1 heterocycles. The van der Waals surface area contributed by atoms with Gasteiger partial charge < -0.3 is 4.98 Å². The molecule has 0 fully saturated rings. The van der Waals surface area contributed by atoms with E-state index in [1.165, 1.54) is 0 Å². The van der Waals surface area contributed by atoms with Crippen LogP contribution in [-0.4, -0.2) is 9.97 Å². The Bertz CT molecular complexity index is 256. The van der Waals surface area contributed by atoms with Crippen LogP contribution in [0.25, 0.3) is 0 Å². The Morgan fingerprint density at radius 1 is 1.80 bits per heavy atom. The Labute approximate surface area is 59.7 Å². The maximum absolute atomic E-state index is 8.50. The van der Waals surface area contributed by atoms with Crippen LogP contribution in [0.15, 0.2) is 6.20 Å². The number of hydrogen-bond donors (Lipinski definition) is 1. The lowest BCUT2D eigenvalue weighted by molar-refractivity contribution is 0.927. The minimum atomic E-state index is -0.0822. The van der Waals surface area contributed by atoms with Gasteiger partial charge in [-0.05, 0) is 13.8 Å². The van der Waals surface area contributed by atoms with Crippen molar-refractivity contribution in [2.45, 2.75) is 19.8 Å². The van der Waals surface area contributed by atoms with Crippen LogP contribution in [0.2, 0.25) is 0 Å². The maximum Gasteiger partial charge on any atom is 0.103 e. The first-order chi connectivity index (χ1) is 4.74. The van der Waals surface area contributed by atoms with E-state index in [1.807, 2.05) is 13.8 Å². The van der Waals surface area contributed by atoms with Gasteiger partial charge in [0.1, 0.15) is 5.82 Å². The van der Waals surface area contributed by atoms with E-state index in [-0.39, 0.29) is 5.92 Å². The van der Waals surface area contributed by atoms with Gasteiger partial charge in [-0.3, -0.25) is 0 Å². The monoisotopic (exact) mass is 135 g/mol. The number of nitriles is 1. The molecule has 0 bridgehead atoms. The van der Waals surface area contributed by atoms with Crippen LogP contribution in [0.4, 0.5) is 0 Å². The van der Waals surface area contributed by atoms with Crippen molar-refractivity contribution in [1.29, 1.82) is 5.26 Å². The molecule has 0 saturated heterocycles. The first kappa shape index (κ1) is 6.81. The second-order valence-electron chi connectivity index (χ2n) is 2.27. The molecule has 0 unspecified atom stereocenters. The van der Waals surface area contributed by atoms with Crippen molar-refractivity contribution in [3.63, 3.8) is 0 Å². The molecule has 52 valence electrons. The van der Waals surface area contributed by atoms with Gasteiger partial charge in [0.2, 0.25) is 0 Å². The zero-order chi connectivity index (χ0) is 7.56. The second-order valence-corrected chi connectivity index (χ2v) is 2.27. The highest BCUT2D eigenvalue weighted by atomic mass is 14.9. The van der Waals surface area contributed by atoms with E-state index in [1.54, 1.807) is 6.20 Å². The molecule has 1 rings (SSSR count). The highest BCUT2D eigenvalue weighted by Gasteiger charge is 2.04. The minimum Gasteiger partial charge on any atom is -0.345 e. The summed E-state index contributed by atoms with van der Waals surface area (Å²) < 4.78 is 0. The van der Waals surface area contributed by atoms with Crippen LogP contribution < -0.4 is 0 Å². The highest BCUT2D eigenvalue weighted by molar-refractivity contribution is 5.12. The van der Waals surface area contributed by atoms with E-state index in [2.05, 4.69) is 16.0 Å². The van der Waals surface area contributed by atoms with Crippen LogP contribution in [0.5, 0.6) is 0 Å². The molecule has 3 nitrogen and oxygen atoms in total. The van der Waals surface area contributed by atoms with Crippen molar-refractivity contribution in [2.75, 3.05) is 0 Å². The van der Waals surface area contributed by atoms with Crippen LogP contribution in [0.1, 0.15) is 24.4 Å². The molecular weight excluding hydrogens is 126 g/mol. The van der Waals surface area contributed by atoms with Crippen LogP contribution >= 0.6 is 0 Å². The number of aromatic nitrogens is 2. The van der Waals surface area contributed by atoms with Crippen molar-refractivity contribution in [1.82, 2.24) is 9.97 Å². The second kappa shape index (κ2) is 2.53. The van der Waals surface area contributed by atoms with Crippen molar-refractivity contribution in [3.8, 4) is 6.07 Å².